The van der Waals surface area contributed by atoms with Gasteiger partial charge in [0.2, 0.25) is 0 Å². The molecule has 0 radical (unpaired) electrons. The zero-order valence-corrected chi connectivity index (χ0v) is 8.34. The molecule has 0 fully saturated rings. The van der Waals surface area contributed by atoms with E-state index in [1.807, 2.05) is 28.7 Å². The number of halogens is 2. The van der Waals surface area contributed by atoms with Crippen molar-refractivity contribution in [2.24, 2.45) is 0 Å². The lowest BCUT2D eigenvalue weighted by Crippen LogP contribution is -1.75. The van der Waals surface area contributed by atoms with Gasteiger partial charge in [-0.25, -0.2) is 4.39 Å². The maximum absolute atomic E-state index is 12.3. The largest absolute Gasteiger partial charge is 0.206 e. The fraction of sp³-hybridized carbons (Fsp3) is 0. The summed E-state index contributed by atoms with van der Waals surface area (Å²) in [4.78, 5) is 0. The van der Waals surface area contributed by atoms with Crippen LogP contribution in [-0.2, 0) is 0 Å². The maximum atomic E-state index is 12.3. The van der Waals surface area contributed by atoms with E-state index in [-0.39, 0.29) is 15.7 Å². The molecule has 0 amide bonds. The van der Waals surface area contributed by atoms with Crippen LogP contribution in [0.4, 0.5) is 4.39 Å². The van der Waals surface area contributed by atoms with Crippen LogP contribution in [0.3, 0.4) is 0 Å². The van der Waals surface area contributed by atoms with Crippen LogP contribution in [-0.4, -0.2) is 0 Å². The molecule has 0 aliphatic rings. The fourth-order valence-electron chi connectivity index (χ4n) is 0.439. The number of benzene rings is 1. The van der Waals surface area contributed by atoms with Crippen molar-refractivity contribution in [2.45, 2.75) is 0 Å². The molecule has 0 spiro atoms. The molecular weight excluding hydrogens is 249 g/mol. The van der Waals surface area contributed by atoms with Gasteiger partial charge >= 0.3 is 0 Å². The van der Waals surface area contributed by atoms with Crippen LogP contribution in [0.15, 0.2) is 24.3 Å². The lowest BCUT2D eigenvalue weighted by molar-refractivity contribution is 0.620. The highest BCUT2D eigenvalue weighted by Gasteiger charge is 1.90. The van der Waals surface area contributed by atoms with Crippen molar-refractivity contribution >= 4 is 32.5 Å². The topological polar surface area (TPSA) is 0 Å². The van der Waals surface area contributed by atoms with E-state index in [0.29, 0.717) is 3.57 Å². The Hall–Kier alpha value is 0.310. The van der Waals surface area contributed by atoms with E-state index in [4.69, 9.17) is 0 Å². The molecule has 1 unspecified atom stereocenters. The molecule has 50 valence electrons. The fourth-order valence-corrected chi connectivity index (χ4v) is 0.827. The van der Waals surface area contributed by atoms with Crippen LogP contribution in [0.25, 0.3) is 0 Å². The first-order valence-corrected chi connectivity index (χ1v) is 3.28. The molecule has 3 heteroatoms. The molecular formula is C6H7FIP. The Labute approximate surface area is 70.6 Å². The van der Waals surface area contributed by atoms with Crippen LogP contribution in [0.5, 0.6) is 0 Å². The molecule has 0 aliphatic carbocycles. The second-order valence-electron chi connectivity index (χ2n) is 1.41. The van der Waals surface area contributed by atoms with Crippen LogP contribution >= 0.6 is 32.5 Å². The lowest BCUT2D eigenvalue weighted by atomic mass is 10.4. The molecule has 0 N–H and O–H groups in total. The maximum Gasteiger partial charge on any atom is 0.136 e. The SMILES string of the molecule is Fc1ccccc1I.P. The third-order valence-electron chi connectivity index (χ3n) is 0.824. The van der Waals surface area contributed by atoms with E-state index < -0.39 is 0 Å². The normalized spacial score (nSPS) is 8.22. The average molecular weight is 256 g/mol. The molecule has 1 aromatic rings. The van der Waals surface area contributed by atoms with Crippen molar-refractivity contribution in [1.29, 1.82) is 0 Å². The molecule has 9 heavy (non-hydrogen) atoms. The van der Waals surface area contributed by atoms with Crippen LogP contribution < -0.4 is 0 Å². The van der Waals surface area contributed by atoms with Gasteiger partial charge in [0, 0.05) is 3.57 Å². The van der Waals surface area contributed by atoms with Crippen molar-refractivity contribution in [1.82, 2.24) is 0 Å². The summed E-state index contributed by atoms with van der Waals surface area (Å²) in [5.41, 5.74) is 0. The van der Waals surface area contributed by atoms with Gasteiger partial charge in [0.05, 0.1) is 0 Å². The molecule has 0 nitrogen and oxygen atoms in total. The zero-order chi connectivity index (χ0) is 5.98. The van der Waals surface area contributed by atoms with Gasteiger partial charge < -0.3 is 0 Å². The van der Waals surface area contributed by atoms with E-state index in [0.717, 1.165) is 0 Å². The Morgan fingerprint density at radius 1 is 1.22 bits per heavy atom. The molecule has 0 aromatic heterocycles. The average Bonchev–Trinajstić information content (AvgIpc) is 1.77. The van der Waals surface area contributed by atoms with E-state index in [1.165, 1.54) is 6.07 Å². The summed E-state index contributed by atoms with van der Waals surface area (Å²) in [6, 6.07) is 6.67. The van der Waals surface area contributed by atoms with E-state index in [9.17, 15) is 4.39 Å². The van der Waals surface area contributed by atoms with Gasteiger partial charge in [0.15, 0.2) is 0 Å². The standard InChI is InChI=1S/C6H4FI.H3P/c7-5-3-1-2-4-6(5)8;/h1-4H;1H3. The zero-order valence-electron chi connectivity index (χ0n) is 4.77. The molecule has 1 atom stereocenters. The quantitative estimate of drug-likeness (QED) is 0.494. The third kappa shape index (κ3) is 2.59. The summed E-state index contributed by atoms with van der Waals surface area (Å²) >= 11 is 1.95. The highest BCUT2D eigenvalue weighted by Crippen LogP contribution is 2.07. The van der Waals surface area contributed by atoms with Crippen molar-refractivity contribution < 1.29 is 4.39 Å². The van der Waals surface area contributed by atoms with E-state index in [1.54, 1.807) is 12.1 Å². The summed E-state index contributed by atoms with van der Waals surface area (Å²) in [5.74, 6) is -0.145. The van der Waals surface area contributed by atoms with Crippen molar-refractivity contribution in [3.63, 3.8) is 0 Å². The summed E-state index contributed by atoms with van der Waals surface area (Å²) < 4.78 is 13.0. The molecule has 0 saturated heterocycles. The highest BCUT2D eigenvalue weighted by atomic mass is 127. The Kier molecular flexibility index (Phi) is 4.32. The Balaban J connectivity index is 0.000000640. The third-order valence-corrected chi connectivity index (χ3v) is 1.70. The molecule has 0 aliphatic heterocycles. The van der Waals surface area contributed by atoms with Crippen LogP contribution in [0.2, 0.25) is 0 Å². The number of rotatable bonds is 0. The van der Waals surface area contributed by atoms with Crippen LogP contribution in [0.1, 0.15) is 0 Å². The monoisotopic (exact) mass is 256 g/mol. The number of hydrogen-bond donors (Lipinski definition) is 0. The van der Waals surface area contributed by atoms with E-state index in [2.05, 4.69) is 0 Å². The highest BCUT2D eigenvalue weighted by molar-refractivity contribution is 14.1. The number of hydrogen-bond acceptors (Lipinski definition) is 0. The smallest absolute Gasteiger partial charge is 0.136 e. The minimum absolute atomic E-state index is 0. The molecule has 1 aromatic carbocycles. The molecule has 0 bridgehead atoms. The van der Waals surface area contributed by atoms with E-state index >= 15 is 0 Å². The minimum atomic E-state index is -0.145. The molecule has 1 rings (SSSR count). The Bertz CT molecular complexity index is 169. The van der Waals surface area contributed by atoms with Gasteiger partial charge in [0.25, 0.3) is 0 Å². The Morgan fingerprint density at radius 2 is 1.78 bits per heavy atom. The Morgan fingerprint density at radius 3 is 2.11 bits per heavy atom. The van der Waals surface area contributed by atoms with Crippen molar-refractivity contribution in [2.75, 3.05) is 0 Å². The van der Waals surface area contributed by atoms with Gasteiger partial charge in [-0.05, 0) is 34.7 Å². The van der Waals surface area contributed by atoms with Gasteiger partial charge in [-0.2, -0.15) is 9.90 Å². The van der Waals surface area contributed by atoms with Crippen molar-refractivity contribution in [3.8, 4) is 0 Å². The second kappa shape index (κ2) is 4.18. The second-order valence-corrected chi connectivity index (χ2v) is 2.58. The van der Waals surface area contributed by atoms with Gasteiger partial charge in [-0.15, -0.1) is 0 Å². The van der Waals surface area contributed by atoms with Crippen LogP contribution in [0, 0.1) is 9.39 Å². The van der Waals surface area contributed by atoms with Gasteiger partial charge in [-0.3, -0.25) is 0 Å². The molecule has 0 heterocycles. The lowest BCUT2D eigenvalue weighted by Gasteiger charge is -1.87. The minimum Gasteiger partial charge on any atom is -0.206 e. The van der Waals surface area contributed by atoms with Crippen molar-refractivity contribution in [3.05, 3.63) is 33.7 Å². The summed E-state index contributed by atoms with van der Waals surface area (Å²) in [6.45, 7) is 0. The predicted octanol–water partition coefficient (Wildman–Crippen LogP) is 2.49. The first-order chi connectivity index (χ1) is 3.80. The predicted molar refractivity (Wildman–Crippen MR) is 50.2 cm³/mol. The van der Waals surface area contributed by atoms with Gasteiger partial charge in [0.1, 0.15) is 5.82 Å². The molecule has 0 saturated carbocycles. The summed E-state index contributed by atoms with van der Waals surface area (Å²) in [5, 5.41) is 0. The summed E-state index contributed by atoms with van der Waals surface area (Å²) in [6.07, 6.45) is 0. The first-order valence-electron chi connectivity index (χ1n) is 2.21. The van der Waals surface area contributed by atoms with Gasteiger partial charge in [-0.1, -0.05) is 12.1 Å². The summed E-state index contributed by atoms with van der Waals surface area (Å²) in [7, 11) is 0. The first kappa shape index (κ1) is 9.31.